The number of amides is 1. The van der Waals surface area contributed by atoms with Gasteiger partial charge in [0.15, 0.2) is 0 Å². The largest absolute Gasteiger partial charge is 0.469 e. The predicted molar refractivity (Wildman–Crippen MR) is 82.4 cm³/mol. The molecule has 126 valence electrons. The molecule has 2 aliphatic rings. The van der Waals surface area contributed by atoms with Crippen molar-refractivity contribution >= 4 is 11.9 Å². The standard InChI is InChI=1S/C16H28N2O4/c1-21-16(20)10-14(12-5-3-2-4-6-12)18-15(19)9-13-11-22-8-7-17-13/h12-14,17H,2-11H2,1H3,(H,18,19). The second-order valence-electron chi connectivity index (χ2n) is 6.28. The molecule has 0 spiro atoms. The maximum atomic E-state index is 12.3. The van der Waals surface area contributed by atoms with Crippen LogP contribution in [0.2, 0.25) is 0 Å². The highest BCUT2D eigenvalue weighted by Gasteiger charge is 2.28. The van der Waals surface area contributed by atoms with Crippen molar-refractivity contribution in [1.29, 1.82) is 0 Å². The van der Waals surface area contributed by atoms with Crippen LogP contribution in [0.5, 0.6) is 0 Å². The van der Waals surface area contributed by atoms with Crippen LogP contribution in [0.4, 0.5) is 0 Å². The number of hydrogen-bond donors (Lipinski definition) is 2. The van der Waals surface area contributed by atoms with Gasteiger partial charge in [-0.05, 0) is 18.8 Å². The van der Waals surface area contributed by atoms with Crippen LogP contribution >= 0.6 is 0 Å². The van der Waals surface area contributed by atoms with Gasteiger partial charge in [-0.2, -0.15) is 0 Å². The van der Waals surface area contributed by atoms with E-state index in [2.05, 4.69) is 10.6 Å². The quantitative estimate of drug-likeness (QED) is 0.715. The van der Waals surface area contributed by atoms with Gasteiger partial charge in [0.25, 0.3) is 0 Å². The van der Waals surface area contributed by atoms with Crippen LogP contribution in [0.1, 0.15) is 44.9 Å². The molecule has 1 aliphatic carbocycles. The molecule has 0 bridgehead atoms. The molecule has 1 heterocycles. The summed E-state index contributed by atoms with van der Waals surface area (Å²) < 4.78 is 10.2. The van der Waals surface area contributed by atoms with Gasteiger partial charge in [0.2, 0.25) is 5.91 Å². The van der Waals surface area contributed by atoms with Crippen molar-refractivity contribution in [1.82, 2.24) is 10.6 Å². The molecule has 1 amide bonds. The number of ether oxygens (including phenoxy) is 2. The monoisotopic (exact) mass is 312 g/mol. The van der Waals surface area contributed by atoms with Gasteiger partial charge >= 0.3 is 5.97 Å². The first-order chi connectivity index (χ1) is 10.7. The molecule has 1 saturated carbocycles. The lowest BCUT2D eigenvalue weighted by molar-refractivity contribution is -0.141. The van der Waals surface area contributed by atoms with Crippen molar-refractivity contribution in [3.05, 3.63) is 0 Å². The number of esters is 1. The first kappa shape index (κ1) is 17.2. The van der Waals surface area contributed by atoms with Gasteiger partial charge in [0.05, 0.1) is 26.7 Å². The van der Waals surface area contributed by atoms with E-state index >= 15 is 0 Å². The first-order valence-electron chi connectivity index (χ1n) is 8.36. The van der Waals surface area contributed by atoms with Crippen molar-refractivity contribution in [3.8, 4) is 0 Å². The number of morpholine rings is 1. The Morgan fingerprint density at radius 2 is 2.09 bits per heavy atom. The molecule has 0 aromatic heterocycles. The van der Waals surface area contributed by atoms with Gasteiger partial charge < -0.3 is 20.1 Å². The molecule has 1 aliphatic heterocycles. The van der Waals surface area contributed by atoms with E-state index in [1.165, 1.54) is 26.4 Å². The highest BCUT2D eigenvalue weighted by molar-refractivity contribution is 5.78. The Kier molecular flexibility index (Phi) is 7.12. The first-order valence-corrected chi connectivity index (χ1v) is 8.36. The minimum atomic E-state index is -0.255. The third-order valence-electron chi connectivity index (χ3n) is 4.61. The van der Waals surface area contributed by atoms with Crippen LogP contribution in [-0.2, 0) is 19.1 Å². The second kappa shape index (κ2) is 9.10. The Morgan fingerprint density at radius 1 is 1.32 bits per heavy atom. The van der Waals surface area contributed by atoms with Gasteiger partial charge in [-0.1, -0.05) is 19.3 Å². The van der Waals surface area contributed by atoms with E-state index in [0.29, 0.717) is 25.6 Å². The van der Waals surface area contributed by atoms with Crippen LogP contribution < -0.4 is 10.6 Å². The summed E-state index contributed by atoms with van der Waals surface area (Å²) in [5.41, 5.74) is 0. The molecule has 2 N–H and O–H groups in total. The fraction of sp³-hybridized carbons (Fsp3) is 0.875. The summed E-state index contributed by atoms with van der Waals surface area (Å²) in [5.74, 6) is 0.116. The van der Waals surface area contributed by atoms with Gasteiger partial charge in [-0.15, -0.1) is 0 Å². The molecule has 2 rings (SSSR count). The molecule has 0 aromatic rings. The summed E-state index contributed by atoms with van der Waals surface area (Å²) in [6.07, 6.45) is 6.41. The highest BCUT2D eigenvalue weighted by Crippen LogP contribution is 2.28. The summed E-state index contributed by atoms with van der Waals surface area (Å²) in [6.45, 7) is 2.05. The number of carbonyl (C=O) groups excluding carboxylic acids is 2. The maximum absolute atomic E-state index is 12.3. The van der Waals surface area contributed by atoms with E-state index < -0.39 is 0 Å². The van der Waals surface area contributed by atoms with Crippen molar-refractivity contribution in [2.75, 3.05) is 26.9 Å². The number of carbonyl (C=O) groups is 2. The highest BCUT2D eigenvalue weighted by atomic mass is 16.5. The van der Waals surface area contributed by atoms with E-state index in [9.17, 15) is 9.59 Å². The normalized spacial score (nSPS) is 24.5. The third kappa shape index (κ3) is 5.57. The van der Waals surface area contributed by atoms with Gasteiger partial charge in [0, 0.05) is 25.0 Å². The average molecular weight is 312 g/mol. The Balaban J connectivity index is 1.86. The van der Waals surface area contributed by atoms with E-state index in [1.807, 2.05) is 0 Å². The van der Waals surface area contributed by atoms with Crippen LogP contribution in [0.15, 0.2) is 0 Å². The fourth-order valence-corrected chi connectivity index (χ4v) is 3.38. The van der Waals surface area contributed by atoms with Crippen LogP contribution in [0.3, 0.4) is 0 Å². The molecule has 0 aromatic carbocycles. The van der Waals surface area contributed by atoms with Crippen LogP contribution in [-0.4, -0.2) is 50.8 Å². The van der Waals surface area contributed by atoms with Crippen molar-refractivity contribution in [3.63, 3.8) is 0 Å². The summed E-state index contributed by atoms with van der Waals surface area (Å²) in [6, 6.07) is -0.0383. The van der Waals surface area contributed by atoms with Crippen LogP contribution in [0.25, 0.3) is 0 Å². The summed E-state index contributed by atoms with van der Waals surface area (Å²) in [5, 5.41) is 6.34. The van der Waals surface area contributed by atoms with E-state index in [1.54, 1.807) is 0 Å². The van der Waals surface area contributed by atoms with Crippen molar-refractivity contribution < 1.29 is 19.1 Å². The van der Waals surface area contributed by atoms with E-state index in [4.69, 9.17) is 9.47 Å². The summed E-state index contributed by atoms with van der Waals surface area (Å²) in [4.78, 5) is 23.9. The SMILES string of the molecule is COC(=O)CC(NC(=O)CC1COCCN1)C1CCCCC1. The molecule has 2 unspecified atom stereocenters. The summed E-state index contributed by atoms with van der Waals surface area (Å²) in [7, 11) is 1.39. The molecule has 6 heteroatoms. The summed E-state index contributed by atoms with van der Waals surface area (Å²) >= 11 is 0. The lowest BCUT2D eigenvalue weighted by Crippen LogP contribution is -2.48. The van der Waals surface area contributed by atoms with Gasteiger partial charge in [-0.25, -0.2) is 0 Å². The zero-order valence-electron chi connectivity index (χ0n) is 13.4. The molecule has 2 fully saturated rings. The topological polar surface area (TPSA) is 76.7 Å². The van der Waals surface area contributed by atoms with Crippen LogP contribution in [0, 0.1) is 5.92 Å². The predicted octanol–water partition coefficient (Wildman–Crippen LogP) is 0.993. The number of hydrogen-bond acceptors (Lipinski definition) is 5. The molecular formula is C16H28N2O4. The van der Waals surface area contributed by atoms with E-state index in [0.717, 1.165) is 19.4 Å². The molecule has 1 saturated heterocycles. The molecule has 0 radical (unpaired) electrons. The Labute approximate surface area is 132 Å². The number of rotatable bonds is 6. The molecular weight excluding hydrogens is 284 g/mol. The second-order valence-corrected chi connectivity index (χ2v) is 6.28. The van der Waals surface area contributed by atoms with E-state index in [-0.39, 0.29) is 30.4 Å². The minimum Gasteiger partial charge on any atom is -0.469 e. The molecule has 22 heavy (non-hydrogen) atoms. The molecule has 2 atom stereocenters. The lowest BCUT2D eigenvalue weighted by Gasteiger charge is -2.31. The Bertz CT molecular complexity index is 363. The number of nitrogens with one attached hydrogen (secondary N) is 2. The Morgan fingerprint density at radius 3 is 2.73 bits per heavy atom. The minimum absolute atomic E-state index is 0.0116. The maximum Gasteiger partial charge on any atom is 0.307 e. The van der Waals surface area contributed by atoms with Gasteiger partial charge in [0.1, 0.15) is 0 Å². The van der Waals surface area contributed by atoms with Gasteiger partial charge in [-0.3, -0.25) is 9.59 Å². The third-order valence-corrected chi connectivity index (χ3v) is 4.61. The zero-order chi connectivity index (χ0) is 15.8. The lowest BCUT2D eigenvalue weighted by atomic mass is 9.82. The number of methoxy groups -OCH3 is 1. The smallest absolute Gasteiger partial charge is 0.307 e. The zero-order valence-corrected chi connectivity index (χ0v) is 13.4. The average Bonchev–Trinajstić information content (AvgIpc) is 2.55. The molecule has 6 nitrogen and oxygen atoms in total. The fourth-order valence-electron chi connectivity index (χ4n) is 3.38. The van der Waals surface area contributed by atoms with Crippen molar-refractivity contribution in [2.45, 2.75) is 57.0 Å². The Hall–Kier alpha value is -1.14. The van der Waals surface area contributed by atoms with Crippen molar-refractivity contribution in [2.24, 2.45) is 5.92 Å².